The Morgan fingerprint density at radius 3 is 2.73 bits per heavy atom. The van der Waals surface area contributed by atoms with Gasteiger partial charge in [0, 0.05) is 24.9 Å². The van der Waals surface area contributed by atoms with Crippen LogP contribution in [0.5, 0.6) is 0 Å². The van der Waals surface area contributed by atoms with Gasteiger partial charge < -0.3 is 10.3 Å². The minimum Gasteiger partial charge on any atom is -0.342 e. The molecule has 1 fully saturated rings. The molecule has 0 bridgehead atoms. The molecule has 0 radical (unpaired) electrons. The summed E-state index contributed by atoms with van der Waals surface area (Å²) in [5.41, 5.74) is 5.36. The van der Waals surface area contributed by atoms with E-state index in [-0.39, 0.29) is 0 Å². The van der Waals surface area contributed by atoms with E-state index >= 15 is 0 Å². The third-order valence-electron chi connectivity index (χ3n) is 3.82. The Balaban J connectivity index is 1.99. The zero-order valence-corrected chi connectivity index (χ0v) is 8.67. The first-order chi connectivity index (χ1) is 7.33. The van der Waals surface area contributed by atoms with E-state index in [4.69, 9.17) is 0 Å². The first-order valence-corrected chi connectivity index (χ1v) is 5.54. The lowest BCUT2D eigenvalue weighted by molar-refractivity contribution is 0.581. The molecule has 1 aliphatic carbocycles. The minimum absolute atomic E-state index is 0.751. The highest BCUT2D eigenvalue weighted by Crippen LogP contribution is 2.49. The number of aromatic nitrogens is 2. The van der Waals surface area contributed by atoms with Crippen molar-refractivity contribution in [1.29, 1.82) is 0 Å². The molecule has 15 heavy (non-hydrogen) atoms. The van der Waals surface area contributed by atoms with Gasteiger partial charge in [0.05, 0.1) is 11.0 Å². The number of H-pyrrole nitrogens is 1. The normalized spacial score (nSPS) is 27.5. The van der Waals surface area contributed by atoms with Crippen LogP contribution in [-0.2, 0) is 0 Å². The van der Waals surface area contributed by atoms with Crippen LogP contribution < -0.4 is 5.32 Å². The van der Waals surface area contributed by atoms with E-state index in [2.05, 4.69) is 27.4 Å². The summed E-state index contributed by atoms with van der Waals surface area (Å²) in [5.74, 6) is 2.52. The lowest BCUT2D eigenvalue weighted by atomic mass is 9.70. The topological polar surface area (TPSA) is 40.7 Å². The molecule has 1 saturated heterocycles. The number of aryl methyl sites for hydroxylation is 1. The average molecular weight is 199 g/mol. The highest BCUT2D eigenvalue weighted by Gasteiger charge is 2.41. The fraction of sp³-hybridized carbons (Fsp3) is 0.417. The van der Waals surface area contributed by atoms with Crippen LogP contribution in [0, 0.1) is 6.92 Å². The number of hydrogen-bond acceptors (Lipinski definition) is 2. The second-order valence-electron chi connectivity index (χ2n) is 4.69. The first kappa shape index (κ1) is 7.88. The Kier molecular flexibility index (Phi) is 1.27. The molecule has 2 aromatic rings. The van der Waals surface area contributed by atoms with E-state index in [1.807, 2.05) is 6.92 Å². The maximum absolute atomic E-state index is 4.49. The van der Waals surface area contributed by atoms with Gasteiger partial charge in [0.1, 0.15) is 5.82 Å². The molecule has 2 N–H and O–H groups in total. The van der Waals surface area contributed by atoms with Crippen LogP contribution in [0.15, 0.2) is 12.1 Å². The number of hydrogen-bond donors (Lipinski definition) is 2. The number of aromatic amines is 1. The van der Waals surface area contributed by atoms with Crippen molar-refractivity contribution in [2.75, 3.05) is 13.1 Å². The predicted octanol–water partition coefficient (Wildman–Crippen LogP) is 1.66. The van der Waals surface area contributed by atoms with Crippen LogP contribution >= 0.6 is 0 Å². The second kappa shape index (κ2) is 2.42. The summed E-state index contributed by atoms with van der Waals surface area (Å²) in [4.78, 5) is 7.80. The Labute approximate surface area is 87.9 Å². The van der Waals surface area contributed by atoms with E-state index in [0.717, 1.165) is 36.3 Å². The molecule has 1 aromatic carbocycles. The molecule has 0 saturated carbocycles. The highest BCUT2D eigenvalue weighted by molar-refractivity contribution is 5.79. The number of nitrogens with zero attached hydrogens (tertiary/aromatic N) is 1. The number of fused-ring (bicyclic) bond motifs is 5. The van der Waals surface area contributed by atoms with Crippen molar-refractivity contribution < 1.29 is 0 Å². The molecule has 2 heterocycles. The summed E-state index contributed by atoms with van der Waals surface area (Å²) < 4.78 is 0. The van der Waals surface area contributed by atoms with E-state index in [9.17, 15) is 0 Å². The summed E-state index contributed by atoms with van der Waals surface area (Å²) in [7, 11) is 0. The van der Waals surface area contributed by atoms with E-state index in [1.165, 1.54) is 16.6 Å². The number of rotatable bonds is 0. The Hall–Kier alpha value is -1.35. The lowest BCUT2D eigenvalue weighted by Gasteiger charge is -2.33. The maximum atomic E-state index is 4.49. The zero-order valence-electron chi connectivity index (χ0n) is 8.67. The minimum atomic E-state index is 0.751. The third kappa shape index (κ3) is 0.868. The van der Waals surface area contributed by atoms with Crippen molar-refractivity contribution in [2.45, 2.75) is 18.8 Å². The molecular formula is C12H13N3. The summed E-state index contributed by atoms with van der Waals surface area (Å²) in [6.45, 7) is 4.31. The molecule has 0 spiro atoms. The fourth-order valence-electron chi connectivity index (χ4n) is 3.10. The van der Waals surface area contributed by atoms with Crippen LogP contribution in [0.3, 0.4) is 0 Å². The smallest absolute Gasteiger partial charge is 0.104 e. The van der Waals surface area contributed by atoms with Gasteiger partial charge >= 0.3 is 0 Å². The summed E-state index contributed by atoms with van der Waals surface area (Å²) in [6.07, 6.45) is 0. The molecule has 3 heteroatoms. The molecule has 1 aliphatic heterocycles. The van der Waals surface area contributed by atoms with Crippen molar-refractivity contribution in [3.8, 4) is 0 Å². The summed E-state index contributed by atoms with van der Waals surface area (Å²) in [5, 5.41) is 3.46. The standard InChI is InChI=1S/C12H13N3/c1-6-14-11-2-7-8(3-12(11)15-6)10-5-13-4-9(7)10/h2-3,9-10,13H,4-5H2,1H3,(H,14,15). The van der Waals surface area contributed by atoms with E-state index in [1.54, 1.807) is 0 Å². The molecule has 1 aromatic heterocycles. The Morgan fingerprint density at radius 1 is 1.20 bits per heavy atom. The summed E-state index contributed by atoms with van der Waals surface area (Å²) in [6, 6.07) is 4.56. The maximum Gasteiger partial charge on any atom is 0.104 e. The van der Waals surface area contributed by atoms with Gasteiger partial charge in [0.2, 0.25) is 0 Å². The van der Waals surface area contributed by atoms with Gasteiger partial charge in [0.15, 0.2) is 0 Å². The van der Waals surface area contributed by atoms with Crippen LogP contribution in [0.25, 0.3) is 11.0 Å². The van der Waals surface area contributed by atoms with Gasteiger partial charge in [-0.3, -0.25) is 0 Å². The largest absolute Gasteiger partial charge is 0.342 e. The number of benzene rings is 1. The Bertz CT molecular complexity index is 508. The van der Waals surface area contributed by atoms with Gasteiger partial charge in [-0.25, -0.2) is 4.98 Å². The predicted molar refractivity (Wildman–Crippen MR) is 59.2 cm³/mol. The van der Waals surface area contributed by atoms with Crippen molar-refractivity contribution >= 4 is 11.0 Å². The molecule has 2 aliphatic rings. The lowest BCUT2D eigenvalue weighted by Crippen LogP contribution is -2.22. The molecule has 4 rings (SSSR count). The fourth-order valence-corrected chi connectivity index (χ4v) is 3.10. The van der Waals surface area contributed by atoms with E-state index < -0.39 is 0 Å². The van der Waals surface area contributed by atoms with Crippen molar-refractivity contribution in [3.05, 3.63) is 29.1 Å². The number of imidazole rings is 1. The molecular weight excluding hydrogens is 186 g/mol. The van der Waals surface area contributed by atoms with Crippen LogP contribution in [0.2, 0.25) is 0 Å². The van der Waals surface area contributed by atoms with Crippen LogP contribution in [-0.4, -0.2) is 23.1 Å². The molecule has 76 valence electrons. The monoisotopic (exact) mass is 199 g/mol. The summed E-state index contributed by atoms with van der Waals surface area (Å²) >= 11 is 0. The van der Waals surface area contributed by atoms with Gasteiger partial charge in [0.25, 0.3) is 0 Å². The van der Waals surface area contributed by atoms with Crippen LogP contribution in [0.4, 0.5) is 0 Å². The van der Waals surface area contributed by atoms with Gasteiger partial charge in [-0.2, -0.15) is 0 Å². The second-order valence-corrected chi connectivity index (χ2v) is 4.69. The van der Waals surface area contributed by atoms with Crippen molar-refractivity contribution in [3.63, 3.8) is 0 Å². The van der Waals surface area contributed by atoms with Crippen molar-refractivity contribution in [1.82, 2.24) is 15.3 Å². The molecule has 0 amide bonds. The van der Waals surface area contributed by atoms with Gasteiger partial charge in [-0.05, 0) is 30.2 Å². The first-order valence-electron chi connectivity index (χ1n) is 5.54. The molecule has 3 nitrogen and oxygen atoms in total. The van der Waals surface area contributed by atoms with Gasteiger partial charge in [-0.1, -0.05) is 0 Å². The highest BCUT2D eigenvalue weighted by atomic mass is 14.9. The number of nitrogens with one attached hydrogen (secondary N) is 2. The SMILES string of the molecule is Cc1nc2cc3c(cc2[nH]1)C1CNCC31. The van der Waals surface area contributed by atoms with E-state index in [0.29, 0.717) is 0 Å². The van der Waals surface area contributed by atoms with Crippen molar-refractivity contribution in [2.24, 2.45) is 0 Å². The third-order valence-corrected chi connectivity index (χ3v) is 3.82. The Morgan fingerprint density at radius 2 is 1.93 bits per heavy atom. The quantitative estimate of drug-likeness (QED) is 0.677. The zero-order chi connectivity index (χ0) is 9.99. The average Bonchev–Trinajstić information content (AvgIpc) is 2.75. The van der Waals surface area contributed by atoms with Gasteiger partial charge in [-0.15, -0.1) is 0 Å². The molecule has 2 atom stereocenters. The molecule has 2 unspecified atom stereocenters. The van der Waals surface area contributed by atoms with Crippen LogP contribution in [0.1, 0.15) is 28.8 Å².